The molecule has 0 radical (unpaired) electrons. The molecule has 2 aromatic rings. The molecule has 1 aromatic carbocycles. The highest BCUT2D eigenvalue weighted by atomic mass is 35.5. The molecular formula is C15H15Cl2N3OS2. The lowest BCUT2D eigenvalue weighted by Gasteiger charge is -2.34. The Labute approximate surface area is 153 Å². The van der Waals surface area contributed by atoms with Gasteiger partial charge >= 0.3 is 0 Å². The van der Waals surface area contributed by atoms with Crippen molar-refractivity contribution >= 4 is 57.3 Å². The molecule has 0 aliphatic carbocycles. The van der Waals surface area contributed by atoms with Crippen molar-refractivity contribution in [2.45, 2.75) is 4.90 Å². The number of aromatic nitrogens is 1. The van der Waals surface area contributed by atoms with Crippen LogP contribution in [0.15, 0.2) is 34.7 Å². The van der Waals surface area contributed by atoms with Gasteiger partial charge < -0.3 is 9.80 Å². The first-order chi connectivity index (χ1) is 11.1. The van der Waals surface area contributed by atoms with Gasteiger partial charge in [0.2, 0.25) is 5.91 Å². The molecular weight excluding hydrogens is 373 g/mol. The average Bonchev–Trinajstić information content (AvgIpc) is 3.10. The third kappa shape index (κ3) is 4.32. The molecule has 23 heavy (non-hydrogen) atoms. The lowest BCUT2D eigenvalue weighted by Crippen LogP contribution is -2.49. The first-order valence-corrected chi connectivity index (χ1v) is 9.75. The van der Waals surface area contributed by atoms with E-state index in [2.05, 4.69) is 9.88 Å². The number of carbonyl (C=O) groups excluding carboxylic acids is 1. The molecule has 1 aliphatic heterocycles. The second-order valence-electron chi connectivity index (χ2n) is 5.05. The summed E-state index contributed by atoms with van der Waals surface area (Å²) in [5.74, 6) is 0.502. The smallest absolute Gasteiger partial charge is 0.233 e. The van der Waals surface area contributed by atoms with Crippen molar-refractivity contribution in [3.63, 3.8) is 0 Å². The summed E-state index contributed by atoms with van der Waals surface area (Å²) < 4.78 is 0. The molecule has 0 bridgehead atoms. The van der Waals surface area contributed by atoms with Crippen LogP contribution < -0.4 is 4.90 Å². The minimum atomic E-state index is 0.129. The summed E-state index contributed by atoms with van der Waals surface area (Å²) in [6.45, 7) is 3.09. The number of anilines is 1. The summed E-state index contributed by atoms with van der Waals surface area (Å²) in [5, 5.41) is 4.25. The fourth-order valence-corrected chi connectivity index (χ4v) is 4.43. The predicted molar refractivity (Wildman–Crippen MR) is 98.1 cm³/mol. The van der Waals surface area contributed by atoms with Crippen molar-refractivity contribution in [1.82, 2.24) is 9.88 Å². The highest BCUT2D eigenvalue weighted by Crippen LogP contribution is 2.30. The van der Waals surface area contributed by atoms with Gasteiger partial charge in [-0.15, -0.1) is 23.1 Å². The zero-order valence-electron chi connectivity index (χ0n) is 12.2. The van der Waals surface area contributed by atoms with Crippen molar-refractivity contribution in [2.75, 3.05) is 36.8 Å². The van der Waals surface area contributed by atoms with Gasteiger partial charge in [0.05, 0.1) is 10.8 Å². The standard InChI is InChI=1S/C15H15Cl2N3OS2/c16-11-1-2-12(17)13(9-11)23-10-14(21)19-4-6-20(7-5-19)15-18-3-8-22-15/h1-3,8-9H,4-7,10H2. The Kier molecular flexibility index (Phi) is 5.69. The maximum atomic E-state index is 12.4. The number of piperazine rings is 1. The average molecular weight is 388 g/mol. The van der Waals surface area contributed by atoms with Crippen LogP contribution in [-0.4, -0.2) is 47.7 Å². The van der Waals surface area contributed by atoms with Crippen LogP contribution in [-0.2, 0) is 4.79 Å². The zero-order chi connectivity index (χ0) is 16.2. The normalized spacial score (nSPS) is 15.0. The van der Waals surface area contributed by atoms with Gasteiger partial charge in [0, 0.05) is 47.7 Å². The van der Waals surface area contributed by atoms with Crippen molar-refractivity contribution in [1.29, 1.82) is 0 Å². The van der Waals surface area contributed by atoms with Crippen LogP contribution in [0.5, 0.6) is 0 Å². The quantitative estimate of drug-likeness (QED) is 0.745. The van der Waals surface area contributed by atoms with E-state index < -0.39 is 0 Å². The number of thioether (sulfide) groups is 1. The predicted octanol–water partition coefficient (Wildman–Crippen LogP) is 3.89. The Morgan fingerprint density at radius 3 is 2.74 bits per heavy atom. The van der Waals surface area contributed by atoms with Crippen LogP contribution in [0.4, 0.5) is 5.13 Å². The molecule has 4 nitrogen and oxygen atoms in total. The minimum absolute atomic E-state index is 0.129. The second-order valence-corrected chi connectivity index (χ2v) is 7.78. The van der Waals surface area contributed by atoms with Gasteiger partial charge in [-0.05, 0) is 18.2 Å². The van der Waals surface area contributed by atoms with Crippen molar-refractivity contribution in [2.24, 2.45) is 0 Å². The molecule has 0 spiro atoms. The van der Waals surface area contributed by atoms with Gasteiger partial charge in [-0.1, -0.05) is 23.2 Å². The maximum absolute atomic E-state index is 12.4. The Morgan fingerprint density at radius 1 is 1.26 bits per heavy atom. The monoisotopic (exact) mass is 387 g/mol. The van der Waals surface area contributed by atoms with Crippen molar-refractivity contribution in [3.05, 3.63) is 39.8 Å². The molecule has 1 saturated heterocycles. The number of nitrogens with zero attached hydrogens (tertiary/aromatic N) is 3. The van der Waals surface area contributed by atoms with E-state index in [1.54, 1.807) is 29.5 Å². The number of thiazole rings is 1. The van der Waals surface area contributed by atoms with E-state index in [1.807, 2.05) is 16.5 Å². The zero-order valence-corrected chi connectivity index (χ0v) is 15.4. The van der Waals surface area contributed by atoms with Crippen molar-refractivity contribution < 1.29 is 4.79 Å². The summed E-state index contributed by atoms with van der Waals surface area (Å²) in [4.78, 5) is 21.6. The first-order valence-electron chi connectivity index (χ1n) is 7.13. The van der Waals surface area contributed by atoms with Crippen LogP contribution >= 0.6 is 46.3 Å². The van der Waals surface area contributed by atoms with Crippen molar-refractivity contribution in [3.8, 4) is 0 Å². The molecule has 0 atom stereocenters. The molecule has 122 valence electrons. The van der Waals surface area contributed by atoms with E-state index in [0.29, 0.717) is 15.8 Å². The van der Waals surface area contributed by atoms with E-state index in [1.165, 1.54) is 11.8 Å². The van der Waals surface area contributed by atoms with Gasteiger partial charge in [0.25, 0.3) is 0 Å². The molecule has 1 aliphatic rings. The number of amides is 1. The van der Waals surface area contributed by atoms with Gasteiger partial charge in [-0.2, -0.15) is 0 Å². The van der Waals surface area contributed by atoms with Crippen LogP contribution in [0.3, 0.4) is 0 Å². The molecule has 0 N–H and O–H groups in total. The number of rotatable bonds is 4. The Bertz CT molecular complexity index is 673. The number of halogens is 2. The lowest BCUT2D eigenvalue weighted by atomic mass is 10.3. The minimum Gasteiger partial charge on any atom is -0.345 e. The first kappa shape index (κ1) is 16.9. The third-order valence-electron chi connectivity index (χ3n) is 3.57. The van der Waals surface area contributed by atoms with Crippen LogP contribution in [0, 0.1) is 0 Å². The number of hydrogen-bond donors (Lipinski definition) is 0. The molecule has 1 amide bonds. The van der Waals surface area contributed by atoms with E-state index in [-0.39, 0.29) is 5.91 Å². The van der Waals surface area contributed by atoms with Crippen LogP contribution in [0.25, 0.3) is 0 Å². The van der Waals surface area contributed by atoms with Gasteiger partial charge in [0.1, 0.15) is 0 Å². The molecule has 0 saturated carbocycles. The Hall–Kier alpha value is -0.950. The fraction of sp³-hybridized carbons (Fsp3) is 0.333. The Morgan fingerprint density at radius 2 is 2.04 bits per heavy atom. The summed E-state index contributed by atoms with van der Waals surface area (Å²) in [7, 11) is 0. The summed E-state index contributed by atoms with van der Waals surface area (Å²) in [5.41, 5.74) is 0. The number of benzene rings is 1. The van der Waals surface area contributed by atoms with Gasteiger partial charge in [-0.3, -0.25) is 4.79 Å². The van der Waals surface area contributed by atoms with E-state index in [4.69, 9.17) is 23.2 Å². The van der Waals surface area contributed by atoms with E-state index >= 15 is 0 Å². The third-order valence-corrected chi connectivity index (χ3v) is 6.12. The lowest BCUT2D eigenvalue weighted by molar-refractivity contribution is -0.128. The fourth-order valence-electron chi connectivity index (χ4n) is 2.34. The second kappa shape index (κ2) is 7.75. The molecule has 1 aromatic heterocycles. The molecule has 0 unspecified atom stereocenters. The SMILES string of the molecule is O=C(CSc1cc(Cl)ccc1Cl)N1CCN(c2nccs2)CC1. The summed E-state index contributed by atoms with van der Waals surface area (Å²) in [6.07, 6.45) is 1.81. The van der Waals surface area contributed by atoms with Gasteiger partial charge in [-0.25, -0.2) is 4.98 Å². The molecule has 1 fully saturated rings. The molecule has 3 rings (SSSR count). The van der Waals surface area contributed by atoms with Crippen LogP contribution in [0.1, 0.15) is 0 Å². The summed E-state index contributed by atoms with van der Waals surface area (Å²) >= 11 is 15.2. The maximum Gasteiger partial charge on any atom is 0.233 e. The van der Waals surface area contributed by atoms with E-state index in [0.717, 1.165) is 36.2 Å². The molecule has 2 heterocycles. The number of carbonyl (C=O) groups is 1. The molecule has 8 heteroatoms. The topological polar surface area (TPSA) is 36.4 Å². The number of hydrogen-bond acceptors (Lipinski definition) is 5. The van der Waals surface area contributed by atoms with Gasteiger partial charge in [0.15, 0.2) is 5.13 Å². The largest absolute Gasteiger partial charge is 0.345 e. The van der Waals surface area contributed by atoms with Crippen LogP contribution in [0.2, 0.25) is 10.0 Å². The van der Waals surface area contributed by atoms with E-state index in [9.17, 15) is 4.79 Å². The highest BCUT2D eigenvalue weighted by molar-refractivity contribution is 8.00. The summed E-state index contributed by atoms with van der Waals surface area (Å²) in [6, 6.07) is 5.29. The highest BCUT2D eigenvalue weighted by Gasteiger charge is 2.22. The Balaban J connectivity index is 1.51.